The van der Waals surface area contributed by atoms with Crippen molar-refractivity contribution in [3.8, 4) is 5.75 Å². The largest absolute Gasteiger partial charge is 0.487 e. The van der Waals surface area contributed by atoms with Crippen molar-refractivity contribution in [3.05, 3.63) is 105 Å². The number of hydrogen-bond acceptors (Lipinski definition) is 4. The minimum atomic E-state index is -0.711. The number of ether oxygens (including phenoxy) is 1. The molecule has 0 aliphatic carbocycles. The van der Waals surface area contributed by atoms with E-state index in [9.17, 15) is 9.90 Å². The maximum Gasteiger partial charge on any atom is 0.253 e. The Labute approximate surface area is 214 Å². The van der Waals surface area contributed by atoms with E-state index in [1.807, 2.05) is 60.7 Å². The normalized spacial score (nSPS) is 11.9. The molecule has 1 unspecified atom stereocenters. The Balaban J connectivity index is 1.41. The van der Waals surface area contributed by atoms with Gasteiger partial charge in [0.2, 0.25) is 0 Å². The van der Waals surface area contributed by atoms with E-state index in [0.29, 0.717) is 40.8 Å². The van der Waals surface area contributed by atoms with Crippen LogP contribution in [0.4, 0.5) is 0 Å². The predicted octanol–water partition coefficient (Wildman–Crippen LogP) is 6.49. The Kier molecular flexibility index (Phi) is 7.91. The zero-order valence-electron chi connectivity index (χ0n) is 19.5. The second-order valence-electron chi connectivity index (χ2n) is 8.56. The monoisotopic (exact) mass is 508 g/mol. The molecule has 1 atom stereocenters. The molecule has 0 spiro atoms. The van der Waals surface area contributed by atoms with Crippen LogP contribution in [0.25, 0.3) is 10.9 Å². The van der Waals surface area contributed by atoms with Crippen molar-refractivity contribution < 1.29 is 14.6 Å². The number of nitrogens with zero attached hydrogens (tertiary/aromatic N) is 2. The van der Waals surface area contributed by atoms with Crippen LogP contribution in [0, 0.1) is 0 Å². The molecule has 4 rings (SSSR count). The second kappa shape index (κ2) is 11.1. The summed E-state index contributed by atoms with van der Waals surface area (Å²) < 4.78 is 5.94. The molecule has 3 aromatic carbocycles. The number of rotatable bonds is 8. The van der Waals surface area contributed by atoms with E-state index < -0.39 is 6.10 Å². The number of halogens is 2. The number of aromatic nitrogens is 1. The smallest absolute Gasteiger partial charge is 0.253 e. The highest BCUT2D eigenvalue weighted by Crippen LogP contribution is 2.26. The third-order valence-electron chi connectivity index (χ3n) is 5.74. The molecule has 0 aliphatic rings. The van der Waals surface area contributed by atoms with Gasteiger partial charge in [-0.05, 0) is 66.4 Å². The lowest BCUT2D eigenvalue weighted by molar-refractivity contribution is 0.0826. The second-order valence-corrected chi connectivity index (χ2v) is 9.43. The molecule has 1 N–H and O–H groups in total. The first-order chi connectivity index (χ1) is 16.8. The van der Waals surface area contributed by atoms with Gasteiger partial charge in [-0.2, -0.15) is 0 Å². The molecule has 7 heteroatoms. The van der Waals surface area contributed by atoms with Gasteiger partial charge in [-0.15, -0.1) is 0 Å². The van der Waals surface area contributed by atoms with Crippen LogP contribution in [-0.4, -0.2) is 35.0 Å². The molecule has 0 radical (unpaired) electrons. The Morgan fingerprint density at radius 1 is 1.00 bits per heavy atom. The molecule has 0 aliphatic heterocycles. The minimum absolute atomic E-state index is 0.114. The summed E-state index contributed by atoms with van der Waals surface area (Å²) in [6, 6.07) is 22.2. The summed E-state index contributed by atoms with van der Waals surface area (Å²) in [6.45, 7) is 0.294. The van der Waals surface area contributed by atoms with Crippen molar-refractivity contribution in [3.63, 3.8) is 0 Å². The fourth-order valence-electron chi connectivity index (χ4n) is 3.85. The highest BCUT2D eigenvalue weighted by atomic mass is 35.5. The van der Waals surface area contributed by atoms with Gasteiger partial charge >= 0.3 is 0 Å². The minimum Gasteiger partial charge on any atom is -0.487 e. The Hall–Kier alpha value is -3.12. The van der Waals surface area contributed by atoms with E-state index in [-0.39, 0.29) is 5.91 Å². The lowest BCUT2D eigenvalue weighted by Crippen LogP contribution is -2.23. The van der Waals surface area contributed by atoms with Crippen molar-refractivity contribution in [2.45, 2.75) is 25.6 Å². The van der Waals surface area contributed by atoms with E-state index >= 15 is 0 Å². The lowest BCUT2D eigenvalue weighted by Gasteiger charge is -2.17. The Bertz CT molecular complexity index is 1360. The summed E-state index contributed by atoms with van der Waals surface area (Å²) >= 11 is 12.2. The first kappa shape index (κ1) is 25.0. The van der Waals surface area contributed by atoms with Crippen LogP contribution in [0.3, 0.4) is 0 Å². The third kappa shape index (κ3) is 6.31. The fraction of sp³-hybridized carbons (Fsp3) is 0.214. The summed E-state index contributed by atoms with van der Waals surface area (Å²) in [5.74, 6) is 0.529. The molecule has 1 aromatic heterocycles. The van der Waals surface area contributed by atoms with Gasteiger partial charge in [0.15, 0.2) is 0 Å². The quantitative estimate of drug-likeness (QED) is 0.295. The van der Waals surface area contributed by atoms with E-state index in [4.69, 9.17) is 27.9 Å². The molecular formula is C28H26Cl2N2O3. The van der Waals surface area contributed by atoms with Crippen molar-refractivity contribution in [1.29, 1.82) is 0 Å². The number of aliphatic hydroxyl groups is 1. The SMILES string of the molecule is CN(C)C(=O)c1cc(Cl)ccc1CCC(O)c1cccc(OCc2ccc3ccc(Cl)cc3n2)c1. The summed E-state index contributed by atoms with van der Waals surface area (Å²) in [7, 11) is 3.41. The number of benzene rings is 3. The first-order valence-electron chi connectivity index (χ1n) is 11.3. The van der Waals surface area contributed by atoms with Crippen molar-refractivity contribution >= 4 is 40.0 Å². The summed E-state index contributed by atoms with van der Waals surface area (Å²) in [6.07, 6.45) is 0.269. The number of carbonyl (C=O) groups is 1. The number of aliphatic hydroxyl groups excluding tert-OH is 1. The highest BCUT2D eigenvalue weighted by Gasteiger charge is 2.16. The zero-order valence-corrected chi connectivity index (χ0v) is 21.1. The number of pyridine rings is 1. The molecule has 4 aromatic rings. The van der Waals surface area contributed by atoms with Crippen LogP contribution in [0.1, 0.15) is 39.7 Å². The van der Waals surface area contributed by atoms with Crippen LogP contribution in [0.15, 0.2) is 72.8 Å². The van der Waals surface area contributed by atoms with E-state index in [2.05, 4.69) is 4.98 Å². The van der Waals surface area contributed by atoms with Crippen molar-refractivity contribution in [2.75, 3.05) is 14.1 Å². The van der Waals surface area contributed by atoms with Gasteiger partial charge in [0.25, 0.3) is 5.91 Å². The molecule has 0 saturated heterocycles. The average molecular weight is 509 g/mol. The maximum absolute atomic E-state index is 12.5. The molecule has 0 fully saturated rings. The molecular weight excluding hydrogens is 483 g/mol. The number of hydrogen-bond donors (Lipinski definition) is 1. The maximum atomic E-state index is 12.5. The predicted molar refractivity (Wildman–Crippen MR) is 140 cm³/mol. The van der Waals surface area contributed by atoms with Gasteiger partial charge < -0.3 is 14.7 Å². The number of amides is 1. The van der Waals surface area contributed by atoms with Gasteiger partial charge in [-0.1, -0.05) is 53.5 Å². The molecule has 35 heavy (non-hydrogen) atoms. The van der Waals surface area contributed by atoms with Gasteiger partial charge in [-0.25, -0.2) is 4.98 Å². The van der Waals surface area contributed by atoms with Crippen LogP contribution in [0.2, 0.25) is 10.0 Å². The molecule has 1 heterocycles. The van der Waals surface area contributed by atoms with E-state index in [1.54, 1.807) is 26.2 Å². The van der Waals surface area contributed by atoms with Gasteiger partial charge in [0.05, 0.1) is 17.3 Å². The number of fused-ring (bicyclic) bond motifs is 1. The molecule has 0 bridgehead atoms. The van der Waals surface area contributed by atoms with Crippen LogP contribution >= 0.6 is 23.2 Å². The fourth-order valence-corrected chi connectivity index (χ4v) is 4.19. The third-order valence-corrected chi connectivity index (χ3v) is 6.21. The lowest BCUT2D eigenvalue weighted by atomic mass is 9.97. The number of carbonyl (C=O) groups excluding carboxylic acids is 1. The van der Waals surface area contributed by atoms with Crippen LogP contribution in [-0.2, 0) is 13.0 Å². The average Bonchev–Trinajstić information content (AvgIpc) is 2.85. The topological polar surface area (TPSA) is 62.7 Å². The standard InChI is InChI=1S/C28H26Cl2N2O3/c1-32(2)28(34)25-15-21(29)10-6-18(25)9-13-27(33)20-4-3-5-24(14-20)35-17-23-12-8-19-7-11-22(30)16-26(19)31-23/h3-8,10-12,14-16,27,33H,9,13,17H2,1-2H3. The highest BCUT2D eigenvalue weighted by molar-refractivity contribution is 6.31. The molecule has 5 nitrogen and oxygen atoms in total. The molecule has 180 valence electrons. The zero-order chi connectivity index (χ0) is 24.9. The molecule has 0 saturated carbocycles. The van der Waals surface area contributed by atoms with Crippen LogP contribution < -0.4 is 4.74 Å². The Morgan fingerprint density at radius 3 is 2.54 bits per heavy atom. The summed E-state index contributed by atoms with van der Waals surface area (Å²) in [5, 5.41) is 13.0. The Morgan fingerprint density at radius 2 is 1.74 bits per heavy atom. The number of aryl methyl sites for hydroxylation is 1. The molecule has 1 amide bonds. The van der Waals surface area contributed by atoms with Gasteiger partial charge in [-0.3, -0.25) is 4.79 Å². The van der Waals surface area contributed by atoms with Crippen molar-refractivity contribution in [1.82, 2.24) is 9.88 Å². The van der Waals surface area contributed by atoms with Gasteiger partial charge in [0, 0.05) is 35.1 Å². The van der Waals surface area contributed by atoms with Crippen molar-refractivity contribution in [2.24, 2.45) is 0 Å². The summed E-state index contributed by atoms with van der Waals surface area (Å²) in [4.78, 5) is 18.7. The first-order valence-corrected chi connectivity index (χ1v) is 12.0. The summed E-state index contributed by atoms with van der Waals surface area (Å²) in [5.41, 5.74) is 3.75. The van der Waals surface area contributed by atoms with Crippen LogP contribution in [0.5, 0.6) is 5.75 Å². The van der Waals surface area contributed by atoms with E-state index in [0.717, 1.165) is 27.7 Å². The van der Waals surface area contributed by atoms with Gasteiger partial charge in [0.1, 0.15) is 12.4 Å². The van der Waals surface area contributed by atoms with E-state index in [1.165, 1.54) is 4.90 Å².